The first-order chi connectivity index (χ1) is 15.6. The number of rotatable bonds is 8. The van der Waals surface area contributed by atoms with Crippen LogP contribution in [0.15, 0.2) is 47.5 Å². The Morgan fingerprint density at radius 1 is 0.844 bits per heavy atom. The van der Waals surface area contributed by atoms with Crippen molar-refractivity contribution in [1.82, 2.24) is 20.4 Å². The van der Waals surface area contributed by atoms with Gasteiger partial charge in [-0.3, -0.25) is 9.89 Å². The summed E-state index contributed by atoms with van der Waals surface area (Å²) in [7, 11) is 7.28. The first-order valence-electron chi connectivity index (χ1n) is 11.3. The average Bonchev–Trinajstić information content (AvgIpc) is 3.03. The molecule has 0 saturated carbocycles. The summed E-state index contributed by atoms with van der Waals surface area (Å²) >= 11 is 0. The van der Waals surface area contributed by atoms with E-state index in [0.29, 0.717) is 6.54 Å². The molecule has 32 heavy (non-hydrogen) atoms. The van der Waals surface area contributed by atoms with E-state index in [-0.39, 0.29) is 0 Å². The van der Waals surface area contributed by atoms with Crippen LogP contribution in [0.3, 0.4) is 0 Å². The predicted molar refractivity (Wildman–Crippen MR) is 130 cm³/mol. The first kappa shape index (κ1) is 23.9. The van der Waals surface area contributed by atoms with Gasteiger partial charge in [0.15, 0.2) is 17.5 Å². The van der Waals surface area contributed by atoms with Crippen LogP contribution in [0.4, 0.5) is 0 Å². The zero-order chi connectivity index (χ0) is 22.8. The van der Waals surface area contributed by atoms with Crippen LogP contribution in [0.1, 0.15) is 23.1 Å². The summed E-state index contributed by atoms with van der Waals surface area (Å²) < 4.78 is 10.7. The summed E-state index contributed by atoms with van der Waals surface area (Å²) in [5.74, 6) is 2.21. The Morgan fingerprint density at radius 2 is 1.50 bits per heavy atom. The van der Waals surface area contributed by atoms with Crippen molar-refractivity contribution in [3.05, 3.63) is 59.2 Å². The molecule has 0 unspecified atom stereocenters. The molecule has 1 aliphatic rings. The fourth-order valence-corrected chi connectivity index (χ4v) is 3.86. The van der Waals surface area contributed by atoms with Gasteiger partial charge in [0.1, 0.15) is 0 Å². The SMILES string of the molecule is CN=C(NCc1ccc(CN2CCCN(C)CC2)cc1)NCc1ccc(OC)c(OC)c1. The quantitative estimate of drug-likeness (QED) is 0.487. The van der Waals surface area contributed by atoms with E-state index in [9.17, 15) is 0 Å². The number of nitrogens with one attached hydrogen (secondary N) is 2. The van der Waals surface area contributed by atoms with E-state index in [1.807, 2.05) is 18.2 Å². The third kappa shape index (κ3) is 7.14. The maximum Gasteiger partial charge on any atom is 0.191 e. The van der Waals surface area contributed by atoms with Gasteiger partial charge in [-0.1, -0.05) is 30.3 Å². The topological polar surface area (TPSA) is 61.4 Å². The second kappa shape index (κ2) is 12.3. The van der Waals surface area contributed by atoms with Crippen molar-refractivity contribution >= 4 is 5.96 Å². The van der Waals surface area contributed by atoms with Crippen molar-refractivity contribution in [3.63, 3.8) is 0 Å². The predicted octanol–water partition coefficient (Wildman–Crippen LogP) is 2.71. The van der Waals surface area contributed by atoms with Gasteiger partial charge < -0.3 is 25.0 Å². The Kier molecular flexibility index (Phi) is 9.19. The number of hydrogen-bond donors (Lipinski definition) is 2. The van der Waals surface area contributed by atoms with Gasteiger partial charge in [0, 0.05) is 39.8 Å². The van der Waals surface area contributed by atoms with Crippen molar-refractivity contribution in [3.8, 4) is 11.5 Å². The number of likely N-dealkylation sites (N-methyl/N-ethyl adjacent to an activating group) is 1. The van der Waals surface area contributed by atoms with Gasteiger partial charge in [-0.25, -0.2) is 0 Å². The van der Waals surface area contributed by atoms with Crippen LogP contribution in [-0.4, -0.2) is 70.3 Å². The van der Waals surface area contributed by atoms with Gasteiger partial charge in [-0.2, -0.15) is 0 Å². The number of nitrogens with zero attached hydrogens (tertiary/aromatic N) is 3. The molecule has 1 heterocycles. The molecule has 0 radical (unpaired) electrons. The largest absolute Gasteiger partial charge is 0.493 e. The molecule has 2 aromatic carbocycles. The molecule has 3 rings (SSSR count). The maximum absolute atomic E-state index is 5.38. The number of guanidine groups is 1. The monoisotopic (exact) mass is 439 g/mol. The molecular weight excluding hydrogens is 402 g/mol. The molecule has 7 nitrogen and oxygen atoms in total. The summed E-state index contributed by atoms with van der Waals surface area (Å²) in [5, 5.41) is 6.74. The van der Waals surface area contributed by atoms with E-state index in [2.05, 4.69) is 56.7 Å². The Labute approximate surface area is 192 Å². The van der Waals surface area contributed by atoms with Crippen molar-refractivity contribution in [2.45, 2.75) is 26.1 Å². The van der Waals surface area contributed by atoms with Crippen molar-refractivity contribution in [1.29, 1.82) is 0 Å². The molecule has 2 N–H and O–H groups in total. The molecule has 0 spiro atoms. The fourth-order valence-electron chi connectivity index (χ4n) is 3.86. The highest BCUT2D eigenvalue weighted by Crippen LogP contribution is 2.27. The molecule has 1 saturated heterocycles. The second-order valence-electron chi connectivity index (χ2n) is 8.22. The van der Waals surface area contributed by atoms with Crippen LogP contribution in [0.5, 0.6) is 11.5 Å². The van der Waals surface area contributed by atoms with Gasteiger partial charge in [0.05, 0.1) is 14.2 Å². The van der Waals surface area contributed by atoms with Crippen LogP contribution >= 0.6 is 0 Å². The molecule has 1 fully saturated rings. The lowest BCUT2D eigenvalue weighted by atomic mass is 10.1. The molecule has 0 bridgehead atoms. The second-order valence-corrected chi connectivity index (χ2v) is 8.22. The third-order valence-corrected chi connectivity index (χ3v) is 5.83. The highest BCUT2D eigenvalue weighted by molar-refractivity contribution is 5.79. The molecule has 0 amide bonds. The lowest BCUT2D eigenvalue weighted by molar-refractivity contribution is 0.269. The van der Waals surface area contributed by atoms with Gasteiger partial charge >= 0.3 is 0 Å². The van der Waals surface area contributed by atoms with Crippen LogP contribution in [0.2, 0.25) is 0 Å². The number of benzene rings is 2. The van der Waals surface area contributed by atoms with E-state index in [0.717, 1.165) is 49.2 Å². The number of ether oxygens (including phenoxy) is 2. The van der Waals surface area contributed by atoms with E-state index < -0.39 is 0 Å². The standard InChI is InChI=1S/C25H37N5O2/c1-26-25(28-18-22-10-11-23(31-3)24(16-22)32-4)27-17-20-6-8-21(9-7-20)19-30-13-5-12-29(2)14-15-30/h6-11,16H,5,12-15,17-19H2,1-4H3,(H2,26,27,28). The van der Waals surface area contributed by atoms with Crippen LogP contribution in [0, 0.1) is 0 Å². The highest BCUT2D eigenvalue weighted by Gasteiger charge is 2.12. The molecule has 0 aromatic heterocycles. The van der Waals surface area contributed by atoms with E-state index in [1.54, 1.807) is 21.3 Å². The van der Waals surface area contributed by atoms with Crippen LogP contribution in [-0.2, 0) is 19.6 Å². The normalized spacial score (nSPS) is 15.8. The van der Waals surface area contributed by atoms with Crippen LogP contribution < -0.4 is 20.1 Å². The Morgan fingerprint density at radius 3 is 2.19 bits per heavy atom. The number of hydrogen-bond acceptors (Lipinski definition) is 5. The summed E-state index contributed by atoms with van der Waals surface area (Å²) in [5.41, 5.74) is 3.70. The first-order valence-corrected chi connectivity index (χ1v) is 11.3. The average molecular weight is 440 g/mol. The third-order valence-electron chi connectivity index (χ3n) is 5.83. The molecular formula is C25H37N5O2. The summed E-state index contributed by atoms with van der Waals surface area (Å²) in [6.45, 7) is 7.05. The zero-order valence-corrected chi connectivity index (χ0v) is 19.9. The Balaban J connectivity index is 1.46. The Hall–Kier alpha value is -2.77. The van der Waals surface area contributed by atoms with E-state index >= 15 is 0 Å². The minimum atomic E-state index is 0.643. The minimum absolute atomic E-state index is 0.643. The Bertz CT molecular complexity index is 869. The highest BCUT2D eigenvalue weighted by atomic mass is 16.5. The minimum Gasteiger partial charge on any atom is -0.493 e. The lowest BCUT2D eigenvalue weighted by Crippen LogP contribution is -2.36. The van der Waals surface area contributed by atoms with E-state index in [4.69, 9.17) is 9.47 Å². The van der Waals surface area contributed by atoms with Crippen molar-refractivity contribution < 1.29 is 9.47 Å². The lowest BCUT2D eigenvalue weighted by Gasteiger charge is -2.20. The smallest absolute Gasteiger partial charge is 0.191 e. The van der Waals surface area contributed by atoms with Gasteiger partial charge in [0.2, 0.25) is 0 Å². The molecule has 2 aromatic rings. The zero-order valence-electron chi connectivity index (χ0n) is 19.9. The summed E-state index contributed by atoms with van der Waals surface area (Å²) in [6.07, 6.45) is 1.24. The summed E-state index contributed by atoms with van der Waals surface area (Å²) in [6, 6.07) is 14.8. The van der Waals surface area contributed by atoms with Crippen molar-refractivity contribution in [2.75, 3.05) is 54.5 Å². The van der Waals surface area contributed by atoms with Crippen LogP contribution in [0.25, 0.3) is 0 Å². The fraction of sp³-hybridized carbons (Fsp3) is 0.480. The van der Waals surface area contributed by atoms with Gasteiger partial charge in [0.25, 0.3) is 0 Å². The number of methoxy groups -OCH3 is 2. The van der Waals surface area contributed by atoms with Crippen molar-refractivity contribution in [2.24, 2.45) is 4.99 Å². The summed E-state index contributed by atoms with van der Waals surface area (Å²) in [4.78, 5) is 9.30. The molecule has 0 atom stereocenters. The van der Waals surface area contributed by atoms with E-state index in [1.165, 1.54) is 30.6 Å². The number of aliphatic imine (C=N–C) groups is 1. The molecule has 7 heteroatoms. The maximum atomic E-state index is 5.38. The van der Waals surface area contributed by atoms with Gasteiger partial charge in [-0.15, -0.1) is 0 Å². The molecule has 1 aliphatic heterocycles. The molecule has 0 aliphatic carbocycles. The molecule has 174 valence electrons. The van der Waals surface area contributed by atoms with Gasteiger partial charge in [-0.05, 0) is 55.4 Å².